The molecule has 1 fully saturated rings. The number of amides is 1. The molecule has 1 aliphatic heterocycles. The van der Waals surface area contributed by atoms with Crippen LogP contribution in [0.4, 0.5) is 0 Å². The van der Waals surface area contributed by atoms with Crippen LogP contribution in [0.15, 0.2) is 67.3 Å². The third-order valence-electron chi connectivity index (χ3n) is 5.58. The van der Waals surface area contributed by atoms with Crippen LogP contribution in [-0.2, 0) is 7.05 Å². The SMILES string of the molecule is Cn1cncc1-c1cc([C@H]2CCCN2C(=O)c2ccc3ccccc3n2)ccn1. The number of aryl methyl sites for hydroxylation is 1. The zero-order valence-electron chi connectivity index (χ0n) is 16.2. The van der Waals surface area contributed by atoms with Gasteiger partial charge in [0, 0.05) is 25.2 Å². The van der Waals surface area contributed by atoms with E-state index in [1.54, 1.807) is 6.33 Å². The van der Waals surface area contributed by atoms with Gasteiger partial charge in [0.25, 0.3) is 5.91 Å². The molecule has 0 bridgehead atoms. The Hall–Kier alpha value is -3.54. The van der Waals surface area contributed by atoms with Crippen molar-refractivity contribution in [1.29, 1.82) is 0 Å². The molecule has 29 heavy (non-hydrogen) atoms. The number of imidazole rings is 1. The second kappa shape index (κ2) is 7.13. The van der Waals surface area contributed by atoms with Crippen LogP contribution < -0.4 is 0 Å². The molecule has 1 aliphatic rings. The fourth-order valence-corrected chi connectivity index (χ4v) is 4.09. The highest BCUT2D eigenvalue weighted by Crippen LogP contribution is 2.34. The average Bonchev–Trinajstić information content (AvgIpc) is 3.42. The maximum absolute atomic E-state index is 13.3. The Kier molecular flexibility index (Phi) is 4.31. The number of pyridine rings is 2. The summed E-state index contributed by atoms with van der Waals surface area (Å²) in [7, 11) is 1.95. The normalized spacial score (nSPS) is 16.4. The summed E-state index contributed by atoms with van der Waals surface area (Å²) in [5, 5.41) is 1.04. The topological polar surface area (TPSA) is 63.9 Å². The molecule has 0 saturated carbocycles. The van der Waals surface area contributed by atoms with Crippen molar-refractivity contribution in [3.05, 3.63) is 78.5 Å². The lowest BCUT2D eigenvalue weighted by molar-refractivity contribution is 0.0730. The Morgan fingerprint density at radius 2 is 2.03 bits per heavy atom. The summed E-state index contributed by atoms with van der Waals surface area (Å²) in [5.41, 5.74) is 4.26. The van der Waals surface area contributed by atoms with E-state index in [-0.39, 0.29) is 11.9 Å². The van der Waals surface area contributed by atoms with Gasteiger partial charge in [-0.2, -0.15) is 0 Å². The van der Waals surface area contributed by atoms with Crippen LogP contribution in [0.5, 0.6) is 0 Å². The molecule has 4 aromatic rings. The van der Waals surface area contributed by atoms with Gasteiger partial charge in [-0.15, -0.1) is 0 Å². The predicted octanol–water partition coefficient (Wildman–Crippen LogP) is 4.01. The second-order valence-corrected chi connectivity index (χ2v) is 7.41. The van der Waals surface area contributed by atoms with Crippen LogP contribution in [0.25, 0.3) is 22.3 Å². The Balaban J connectivity index is 1.47. The first-order chi connectivity index (χ1) is 14.2. The van der Waals surface area contributed by atoms with Gasteiger partial charge < -0.3 is 9.47 Å². The number of aromatic nitrogens is 4. The summed E-state index contributed by atoms with van der Waals surface area (Å²) in [4.78, 5) is 28.5. The average molecular weight is 383 g/mol. The van der Waals surface area contributed by atoms with E-state index in [2.05, 4.69) is 21.0 Å². The van der Waals surface area contributed by atoms with Gasteiger partial charge in [0.05, 0.1) is 35.5 Å². The first kappa shape index (κ1) is 17.6. The number of hydrogen-bond acceptors (Lipinski definition) is 4. The highest BCUT2D eigenvalue weighted by atomic mass is 16.2. The monoisotopic (exact) mass is 383 g/mol. The standard InChI is InChI=1S/C23H21N5O/c1-27-15-24-14-22(27)20-13-17(10-11-25-20)21-7-4-12-28(21)23(29)19-9-8-16-5-2-3-6-18(16)26-19/h2-3,5-6,8-11,13-15,21H,4,7,12H2,1H3/t21-/m1/s1. The molecule has 5 rings (SSSR count). The number of rotatable bonds is 3. The number of nitrogens with zero attached hydrogens (tertiary/aromatic N) is 5. The van der Waals surface area contributed by atoms with Gasteiger partial charge >= 0.3 is 0 Å². The zero-order chi connectivity index (χ0) is 19.8. The third kappa shape index (κ3) is 3.16. The van der Waals surface area contributed by atoms with Gasteiger partial charge in [-0.1, -0.05) is 24.3 Å². The largest absolute Gasteiger partial charge is 0.332 e. The Morgan fingerprint density at radius 3 is 2.90 bits per heavy atom. The van der Waals surface area contributed by atoms with Gasteiger partial charge in [0.2, 0.25) is 0 Å². The van der Waals surface area contributed by atoms with Crippen molar-refractivity contribution in [2.24, 2.45) is 7.05 Å². The third-order valence-corrected chi connectivity index (χ3v) is 5.58. The summed E-state index contributed by atoms with van der Waals surface area (Å²) in [6, 6.07) is 15.8. The lowest BCUT2D eigenvalue weighted by Gasteiger charge is -2.25. The minimum absolute atomic E-state index is 0.0165. The van der Waals surface area contributed by atoms with E-state index in [9.17, 15) is 4.79 Å². The molecule has 1 atom stereocenters. The quantitative estimate of drug-likeness (QED) is 0.536. The van der Waals surface area contributed by atoms with Crippen LogP contribution in [0.2, 0.25) is 0 Å². The summed E-state index contributed by atoms with van der Waals surface area (Å²) in [5.74, 6) is -0.0165. The Bertz CT molecular complexity index is 1200. The van der Waals surface area contributed by atoms with Crippen molar-refractivity contribution in [3.63, 3.8) is 0 Å². The molecule has 0 N–H and O–H groups in total. The van der Waals surface area contributed by atoms with E-state index in [0.717, 1.165) is 47.2 Å². The smallest absolute Gasteiger partial charge is 0.272 e. The predicted molar refractivity (Wildman–Crippen MR) is 111 cm³/mol. The van der Waals surface area contributed by atoms with Crippen molar-refractivity contribution in [2.45, 2.75) is 18.9 Å². The first-order valence-corrected chi connectivity index (χ1v) is 9.80. The van der Waals surface area contributed by atoms with Gasteiger partial charge in [0.15, 0.2) is 0 Å². The van der Waals surface area contributed by atoms with Gasteiger partial charge in [-0.05, 0) is 42.7 Å². The number of fused-ring (bicyclic) bond motifs is 1. The molecule has 1 saturated heterocycles. The molecule has 144 valence electrons. The fraction of sp³-hybridized carbons (Fsp3) is 0.217. The second-order valence-electron chi connectivity index (χ2n) is 7.41. The van der Waals surface area contributed by atoms with Crippen LogP contribution in [0.3, 0.4) is 0 Å². The molecule has 0 spiro atoms. The summed E-state index contributed by atoms with van der Waals surface area (Å²) in [6.07, 6.45) is 7.30. The highest BCUT2D eigenvalue weighted by Gasteiger charge is 2.31. The summed E-state index contributed by atoms with van der Waals surface area (Å²) >= 11 is 0. The van der Waals surface area contributed by atoms with Crippen LogP contribution >= 0.6 is 0 Å². The van der Waals surface area contributed by atoms with E-state index >= 15 is 0 Å². The molecular weight excluding hydrogens is 362 g/mol. The lowest BCUT2D eigenvalue weighted by Crippen LogP contribution is -2.31. The molecule has 1 amide bonds. The Morgan fingerprint density at radius 1 is 1.14 bits per heavy atom. The van der Waals surface area contributed by atoms with Crippen molar-refractivity contribution < 1.29 is 4.79 Å². The summed E-state index contributed by atoms with van der Waals surface area (Å²) < 4.78 is 1.95. The molecule has 3 aromatic heterocycles. The van der Waals surface area contributed by atoms with Crippen molar-refractivity contribution >= 4 is 16.8 Å². The maximum atomic E-state index is 13.3. The van der Waals surface area contributed by atoms with Crippen molar-refractivity contribution in [2.75, 3.05) is 6.54 Å². The van der Waals surface area contributed by atoms with Gasteiger partial charge in [-0.25, -0.2) is 9.97 Å². The summed E-state index contributed by atoms with van der Waals surface area (Å²) in [6.45, 7) is 0.737. The molecule has 6 nitrogen and oxygen atoms in total. The number of para-hydroxylation sites is 1. The zero-order valence-corrected chi connectivity index (χ0v) is 16.2. The van der Waals surface area contributed by atoms with Crippen molar-refractivity contribution in [3.8, 4) is 11.4 Å². The van der Waals surface area contributed by atoms with E-state index in [0.29, 0.717) is 5.69 Å². The van der Waals surface area contributed by atoms with E-state index in [1.807, 2.05) is 71.4 Å². The van der Waals surface area contributed by atoms with Gasteiger partial charge in [0.1, 0.15) is 5.69 Å². The van der Waals surface area contributed by atoms with Crippen LogP contribution in [0.1, 0.15) is 34.9 Å². The molecule has 0 aliphatic carbocycles. The van der Waals surface area contributed by atoms with E-state index in [1.165, 1.54) is 0 Å². The molecule has 6 heteroatoms. The minimum Gasteiger partial charge on any atom is -0.332 e. The number of carbonyl (C=O) groups excluding carboxylic acids is 1. The molecule has 0 unspecified atom stereocenters. The van der Waals surface area contributed by atoms with E-state index < -0.39 is 0 Å². The Labute approximate surface area is 168 Å². The highest BCUT2D eigenvalue weighted by molar-refractivity contribution is 5.95. The number of benzene rings is 1. The molecule has 0 radical (unpaired) electrons. The van der Waals surface area contributed by atoms with E-state index in [4.69, 9.17) is 0 Å². The van der Waals surface area contributed by atoms with Crippen molar-refractivity contribution in [1.82, 2.24) is 24.4 Å². The van der Waals surface area contributed by atoms with Crippen LogP contribution in [0, 0.1) is 0 Å². The number of carbonyl (C=O) groups is 1. The minimum atomic E-state index is -0.0165. The number of hydrogen-bond donors (Lipinski definition) is 0. The van der Waals surface area contributed by atoms with Crippen LogP contribution in [-0.4, -0.2) is 36.9 Å². The number of likely N-dealkylation sites (tertiary alicyclic amines) is 1. The lowest BCUT2D eigenvalue weighted by atomic mass is 10.0. The molecular formula is C23H21N5O. The van der Waals surface area contributed by atoms with Gasteiger partial charge in [-0.3, -0.25) is 9.78 Å². The molecule has 1 aromatic carbocycles. The molecule has 4 heterocycles. The fourth-order valence-electron chi connectivity index (χ4n) is 4.09. The first-order valence-electron chi connectivity index (χ1n) is 9.80. The maximum Gasteiger partial charge on any atom is 0.272 e.